The lowest BCUT2D eigenvalue weighted by Gasteiger charge is -2.16. The first-order chi connectivity index (χ1) is 14.2. The molecule has 7 heteroatoms. The Balaban J connectivity index is 1.62. The fourth-order valence-electron chi connectivity index (χ4n) is 3.58. The van der Waals surface area contributed by atoms with Crippen molar-refractivity contribution in [3.05, 3.63) is 58.0 Å². The Hall–Kier alpha value is -3.22. The molecule has 158 valence electrons. The summed E-state index contributed by atoms with van der Waals surface area (Å²) >= 11 is 0. The second-order valence-electron chi connectivity index (χ2n) is 7.71. The van der Waals surface area contributed by atoms with Crippen molar-refractivity contribution in [2.24, 2.45) is 0 Å². The third-order valence-corrected chi connectivity index (χ3v) is 5.27. The highest BCUT2D eigenvalue weighted by atomic mass is 16.5. The first kappa shape index (κ1) is 21.5. The van der Waals surface area contributed by atoms with Crippen molar-refractivity contribution in [2.45, 2.75) is 60.5 Å². The second kappa shape index (κ2) is 8.65. The van der Waals surface area contributed by atoms with Gasteiger partial charge in [0.05, 0.1) is 5.69 Å². The molecule has 3 aromatic rings. The molecule has 0 fully saturated rings. The number of anilines is 1. The van der Waals surface area contributed by atoms with Crippen molar-refractivity contribution >= 4 is 23.2 Å². The van der Waals surface area contributed by atoms with Crippen LogP contribution in [0, 0.1) is 34.6 Å². The zero-order valence-corrected chi connectivity index (χ0v) is 18.4. The smallest absolute Gasteiger partial charge is 0.306 e. The molecule has 1 atom stereocenters. The molecular formula is C23H28N4O3. The maximum Gasteiger partial charge on any atom is 0.306 e. The minimum absolute atomic E-state index is 0.163. The van der Waals surface area contributed by atoms with Gasteiger partial charge in [-0.15, -0.1) is 0 Å². The van der Waals surface area contributed by atoms with E-state index >= 15 is 0 Å². The van der Waals surface area contributed by atoms with Crippen LogP contribution in [0.1, 0.15) is 47.1 Å². The van der Waals surface area contributed by atoms with Crippen LogP contribution in [0.4, 0.5) is 5.69 Å². The van der Waals surface area contributed by atoms with Gasteiger partial charge in [-0.2, -0.15) is 5.10 Å². The zero-order valence-electron chi connectivity index (χ0n) is 18.4. The largest absolute Gasteiger partial charge is 0.453 e. The van der Waals surface area contributed by atoms with Crippen LogP contribution in [0.5, 0.6) is 0 Å². The van der Waals surface area contributed by atoms with E-state index in [0.29, 0.717) is 6.42 Å². The van der Waals surface area contributed by atoms with Gasteiger partial charge in [-0.25, -0.2) is 9.50 Å². The van der Waals surface area contributed by atoms with Crippen molar-refractivity contribution in [3.8, 4) is 0 Å². The van der Waals surface area contributed by atoms with Gasteiger partial charge in [0, 0.05) is 29.6 Å². The number of carbonyl (C=O) groups is 2. The molecular weight excluding hydrogens is 380 g/mol. The number of benzene rings is 1. The highest BCUT2D eigenvalue weighted by Crippen LogP contribution is 2.20. The van der Waals surface area contributed by atoms with Gasteiger partial charge in [-0.3, -0.25) is 9.59 Å². The van der Waals surface area contributed by atoms with E-state index < -0.39 is 12.1 Å². The average Bonchev–Trinajstić information content (AvgIpc) is 3.04. The fourth-order valence-corrected chi connectivity index (χ4v) is 3.58. The zero-order chi connectivity index (χ0) is 22.0. The summed E-state index contributed by atoms with van der Waals surface area (Å²) in [5.41, 5.74) is 7.17. The number of nitrogens with zero attached hydrogens (tertiary/aromatic N) is 3. The maximum atomic E-state index is 12.5. The van der Waals surface area contributed by atoms with Gasteiger partial charge in [-0.1, -0.05) is 18.2 Å². The molecule has 1 amide bonds. The Morgan fingerprint density at radius 1 is 1.13 bits per heavy atom. The molecule has 30 heavy (non-hydrogen) atoms. The minimum atomic E-state index is -0.881. The number of nitrogens with one attached hydrogen (secondary N) is 1. The predicted molar refractivity (Wildman–Crippen MR) is 116 cm³/mol. The summed E-state index contributed by atoms with van der Waals surface area (Å²) in [6.45, 7) is 11.3. The van der Waals surface area contributed by atoms with Crippen molar-refractivity contribution in [3.63, 3.8) is 0 Å². The van der Waals surface area contributed by atoms with Crippen LogP contribution in [0.3, 0.4) is 0 Å². The molecule has 1 N–H and O–H groups in total. The van der Waals surface area contributed by atoms with Gasteiger partial charge >= 0.3 is 5.97 Å². The number of esters is 1. The van der Waals surface area contributed by atoms with Gasteiger partial charge in [0.2, 0.25) is 0 Å². The molecule has 0 spiro atoms. The molecule has 1 aromatic carbocycles. The lowest BCUT2D eigenvalue weighted by Crippen LogP contribution is -2.30. The molecule has 0 unspecified atom stereocenters. The first-order valence-electron chi connectivity index (χ1n) is 10.1. The highest BCUT2D eigenvalue weighted by molar-refractivity contribution is 5.96. The van der Waals surface area contributed by atoms with E-state index in [4.69, 9.17) is 4.74 Å². The van der Waals surface area contributed by atoms with Crippen molar-refractivity contribution in [1.82, 2.24) is 14.6 Å². The van der Waals surface area contributed by atoms with Gasteiger partial charge < -0.3 is 10.1 Å². The average molecular weight is 409 g/mol. The number of para-hydroxylation sites is 1. The number of aromatic nitrogens is 3. The van der Waals surface area contributed by atoms with Crippen LogP contribution in [0.25, 0.3) is 5.65 Å². The van der Waals surface area contributed by atoms with Crippen molar-refractivity contribution in [2.75, 3.05) is 5.32 Å². The molecule has 0 aliphatic carbocycles. The monoisotopic (exact) mass is 408 g/mol. The van der Waals surface area contributed by atoms with Crippen LogP contribution < -0.4 is 5.32 Å². The van der Waals surface area contributed by atoms with E-state index in [-0.39, 0.29) is 12.3 Å². The van der Waals surface area contributed by atoms with Crippen molar-refractivity contribution in [1.29, 1.82) is 0 Å². The van der Waals surface area contributed by atoms with E-state index in [1.807, 2.05) is 58.9 Å². The summed E-state index contributed by atoms with van der Waals surface area (Å²) in [5.74, 6) is -0.766. The minimum Gasteiger partial charge on any atom is -0.453 e. The standard InChI is InChI=1S/C23H28N4O3/c1-13-8-7-9-14(2)22(13)25-23(29)18(6)30-21(28)11-10-19-16(4)24-20-12-15(3)26-27(20)17(19)5/h7-9,12,18H,10-11H2,1-6H3,(H,25,29)/t18-/m0/s1. The Bertz CT molecular complexity index is 1100. The lowest BCUT2D eigenvalue weighted by atomic mass is 10.1. The number of hydrogen-bond donors (Lipinski definition) is 1. The molecule has 2 aromatic heterocycles. The summed E-state index contributed by atoms with van der Waals surface area (Å²) in [5, 5.41) is 7.31. The van der Waals surface area contributed by atoms with Crippen LogP contribution >= 0.6 is 0 Å². The summed E-state index contributed by atoms with van der Waals surface area (Å²) in [6, 6.07) is 7.71. The molecule has 7 nitrogen and oxygen atoms in total. The summed E-state index contributed by atoms with van der Waals surface area (Å²) in [6.07, 6.45) is -0.243. The van der Waals surface area contributed by atoms with Gasteiger partial charge in [0.25, 0.3) is 5.91 Å². The number of fused-ring (bicyclic) bond motifs is 1. The normalized spacial score (nSPS) is 12.1. The molecule has 0 radical (unpaired) electrons. The maximum absolute atomic E-state index is 12.5. The third kappa shape index (κ3) is 4.50. The Labute approximate surface area is 176 Å². The molecule has 0 bridgehead atoms. The van der Waals surface area contributed by atoms with Gasteiger partial charge in [0.1, 0.15) is 0 Å². The highest BCUT2D eigenvalue weighted by Gasteiger charge is 2.20. The van der Waals surface area contributed by atoms with Crippen LogP contribution in [0.2, 0.25) is 0 Å². The van der Waals surface area contributed by atoms with E-state index in [2.05, 4.69) is 15.4 Å². The molecule has 2 heterocycles. The predicted octanol–water partition coefficient (Wildman–Crippen LogP) is 3.77. The van der Waals surface area contributed by atoms with E-state index in [1.54, 1.807) is 11.4 Å². The number of aryl methyl sites for hydroxylation is 5. The first-order valence-corrected chi connectivity index (χ1v) is 10.1. The van der Waals surface area contributed by atoms with E-state index in [1.165, 1.54) is 0 Å². The number of amides is 1. The van der Waals surface area contributed by atoms with Gasteiger partial charge in [-0.05, 0) is 64.7 Å². The van der Waals surface area contributed by atoms with Crippen LogP contribution in [-0.2, 0) is 20.7 Å². The van der Waals surface area contributed by atoms with Crippen LogP contribution in [-0.4, -0.2) is 32.6 Å². The number of rotatable bonds is 6. The SMILES string of the molecule is Cc1cc2nc(C)c(CCC(=O)O[C@@H](C)C(=O)Nc3c(C)cccc3C)c(C)n2n1. The van der Waals surface area contributed by atoms with E-state index in [9.17, 15) is 9.59 Å². The lowest BCUT2D eigenvalue weighted by molar-refractivity contribution is -0.153. The number of carbonyl (C=O) groups excluding carboxylic acids is 2. The fraction of sp³-hybridized carbons (Fsp3) is 0.391. The molecule has 0 saturated carbocycles. The summed E-state index contributed by atoms with van der Waals surface area (Å²) in [4.78, 5) is 29.4. The topological polar surface area (TPSA) is 85.6 Å². The molecule has 0 saturated heterocycles. The summed E-state index contributed by atoms with van der Waals surface area (Å²) < 4.78 is 7.16. The van der Waals surface area contributed by atoms with Crippen LogP contribution in [0.15, 0.2) is 24.3 Å². The Kier molecular flexibility index (Phi) is 6.20. The number of ether oxygens (including phenoxy) is 1. The molecule has 0 aliphatic rings. The number of hydrogen-bond acceptors (Lipinski definition) is 5. The Morgan fingerprint density at radius 2 is 1.80 bits per heavy atom. The van der Waals surface area contributed by atoms with Gasteiger partial charge in [0.15, 0.2) is 11.8 Å². The van der Waals surface area contributed by atoms with E-state index in [0.717, 1.165) is 45.1 Å². The molecule has 3 rings (SSSR count). The quantitative estimate of drug-likeness (QED) is 0.628. The van der Waals surface area contributed by atoms with Crippen molar-refractivity contribution < 1.29 is 14.3 Å². The summed E-state index contributed by atoms with van der Waals surface area (Å²) in [7, 11) is 0. The third-order valence-electron chi connectivity index (χ3n) is 5.27. The Morgan fingerprint density at radius 3 is 2.47 bits per heavy atom. The molecule has 0 aliphatic heterocycles. The second-order valence-corrected chi connectivity index (χ2v) is 7.71.